The van der Waals surface area contributed by atoms with Crippen molar-refractivity contribution in [3.8, 4) is 0 Å². The fraction of sp³-hybridized carbons (Fsp3) is 0.438. The molecule has 0 aliphatic carbocycles. The van der Waals surface area contributed by atoms with Gasteiger partial charge in [0.15, 0.2) is 0 Å². The molecule has 22 heavy (non-hydrogen) atoms. The van der Waals surface area contributed by atoms with Crippen molar-refractivity contribution in [3.05, 3.63) is 52.2 Å². The van der Waals surface area contributed by atoms with Crippen LogP contribution < -0.4 is 5.56 Å². The fourth-order valence-corrected chi connectivity index (χ4v) is 2.92. The molecule has 0 radical (unpaired) electrons. The number of aromatic nitrogens is 3. The minimum absolute atomic E-state index is 0.180. The molecule has 1 amide bonds. The quantitative estimate of drug-likeness (QED) is 0.841. The lowest BCUT2D eigenvalue weighted by atomic mass is 10.0. The maximum absolute atomic E-state index is 12.6. The van der Waals surface area contributed by atoms with Gasteiger partial charge in [0.2, 0.25) is 0 Å². The Morgan fingerprint density at radius 2 is 2.23 bits per heavy atom. The van der Waals surface area contributed by atoms with Crippen molar-refractivity contribution in [1.82, 2.24) is 19.2 Å². The second-order valence-electron chi connectivity index (χ2n) is 5.88. The Hall–Kier alpha value is -2.37. The Morgan fingerprint density at radius 3 is 2.95 bits per heavy atom. The Balaban J connectivity index is 1.81. The van der Waals surface area contributed by atoms with E-state index in [1.807, 2.05) is 24.0 Å². The van der Waals surface area contributed by atoms with Gasteiger partial charge in [-0.1, -0.05) is 0 Å². The first-order valence-corrected chi connectivity index (χ1v) is 7.52. The van der Waals surface area contributed by atoms with Gasteiger partial charge < -0.3 is 9.47 Å². The molecule has 0 spiro atoms. The van der Waals surface area contributed by atoms with Crippen LogP contribution in [0.4, 0.5) is 0 Å². The predicted molar refractivity (Wildman–Crippen MR) is 82.8 cm³/mol. The van der Waals surface area contributed by atoms with Gasteiger partial charge in [-0.25, -0.2) is 0 Å². The molecular weight excluding hydrogens is 280 g/mol. The highest BCUT2D eigenvalue weighted by molar-refractivity contribution is 5.93. The summed E-state index contributed by atoms with van der Waals surface area (Å²) in [5, 5.41) is 4.35. The van der Waals surface area contributed by atoms with Gasteiger partial charge >= 0.3 is 0 Å². The highest BCUT2D eigenvalue weighted by Gasteiger charge is 2.27. The van der Waals surface area contributed by atoms with Crippen molar-refractivity contribution >= 4 is 5.91 Å². The van der Waals surface area contributed by atoms with Crippen molar-refractivity contribution in [2.24, 2.45) is 7.05 Å². The highest BCUT2D eigenvalue weighted by atomic mass is 16.2. The van der Waals surface area contributed by atoms with Crippen LogP contribution in [0.3, 0.4) is 0 Å². The lowest BCUT2D eigenvalue weighted by Gasteiger charge is -2.32. The molecule has 2 aromatic rings. The van der Waals surface area contributed by atoms with E-state index < -0.39 is 0 Å². The summed E-state index contributed by atoms with van der Waals surface area (Å²) in [6.45, 7) is 3.29. The number of carbonyl (C=O) groups excluding carboxylic acids is 1. The van der Waals surface area contributed by atoms with Gasteiger partial charge in [-0.2, -0.15) is 5.10 Å². The molecule has 6 heteroatoms. The number of nitrogens with zero attached hydrogens (tertiary/aromatic N) is 4. The third-order valence-corrected chi connectivity index (χ3v) is 4.14. The SMILES string of the molecule is Cc1cnn(C2CCCN(C(=O)c3cccn(C)c3=O)C2)c1. The largest absolute Gasteiger partial charge is 0.336 e. The van der Waals surface area contributed by atoms with Crippen LogP contribution in [-0.4, -0.2) is 38.2 Å². The van der Waals surface area contributed by atoms with Crippen LogP contribution in [0.25, 0.3) is 0 Å². The first kappa shape index (κ1) is 14.6. The van der Waals surface area contributed by atoms with Crippen LogP contribution in [0.5, 0.6) is 0 Å². The second-order valence-corrected chi connectivity index (χ2v) is 5.88. The lowest BCUT2D eigenvalue weighted by Crippen LogP contribution is -2.43. The Labute approximate surface area is 129 Å². The van der Waals surface area contributed by atoms with E-state index in [2.05, 4.69) is 5.10 Å². The van der Waals surface area contributed by atoms with E-state index in [0.29, 0.717) is 13.1 Å². The summed E-state index contributed by atoms with van der Waals surface area (Å²) in [7, 11) is 1.66. The molecule has 0 aromatic carbocycles. The van der Waals surface area contributed by atoms with Gasteiger partial charge in [0.05, 0.1) is 12.2 Å². The molecule has 3 rings (SSSR count). The number of likely N-dealkylation sites (tertiary alicyclic amines) is 1. The standard InChI is InChI=1S/C16H20N4O2/c1-12-9-17-20(10-12)13-5-3-8-19(11-13)16(22)14-6-4-7-18(2)15(14)21/h4,6-7,9-10,13H,3,5,8,11H2,1-2H3. The van der Waals surface area contributed by atoms with Crippen molar-refractivity contribution < 1.29 is 4.79 Å². The van der Waals surface area contributed by atoms with Gasteiger partial charge in [-0.3, -0.25) is 14.3 Å². The molecule has 2 aromatic heterocycles. The Bertz CT molecular complexity index is 747. The minimum Gasteiger partial charge on any atom is -0.336 e. The first-order chi connectivity index (χ1) is 10.6. The lowest BCUT2D eigenvalue weighted by molar-refractivity contribution is 0.0670. The molecule has 116 valence electrons. The molecule has 1 unspecified atom stereocenters. The number of amides is 1. The summed E-state index contributed by atoms with van der Waals surface area (Å²) in [4.78, 5) is 26.5. The van der Waals surface area contributed by atoms with Crippen molar-refractivity contribution in [1.29, 1.82) is 0 Å². The molecule has 1 saturated heterocycles. The molecule has 6 nitrogen and oxygen atoms in total. The van der Waals surface area contributed by atoms with Crippen LogP contribution in [0.15, 0.2) is 35.5 Å². The fourth-order valence-electron chi connectivity index (χ4n) is 2.92. The molecule has 0 N–H and O–H groups in total. The summed E-state index contributed by atoms with van der Waals surface area (Å²) in [5.74, 6) is -0.185. The predicted octanol–water partition coefficient (Wildman–Crippen LogP) is 1.37. The summed E-state index contributed by atoms with van der Waals surface area (Å²) in [5.41, 5.74) is 1.10. The van der Waals surface area contributed by atoms with Crippen LogP contribution in [0, 0.1) is 6.92 Å². The van der Waals surface area contributed by atoms with Crippen LogP contribution in [0.1, 0.15) is 34.8 Å². The number of carbonyl (C=O) groups is 1. The Kier molecular flexibility index (Phi) is 3.83. The zero-order valence-electron chi connectivity index (χ0n) is 12.9. The number of rotatable bonds is 2. The van der Waals surface area contributed by atoms with E-state index in [-0.39, 0.29) is 23.1 Å². The molecular formula is C16H20N4O2. The molecule has 1 fully saturated rings. The van der Waals surface area contributed by atoms with E-state index in [1.165, 1.54) is 4.57 Å². The topological polar surface area (TPSA) is 60.1 Å². The van der Waals surface area contributed by atoms with Gasteiger partial charge in [-0.05, 0) is 37.5 Å². The van der Waals surface area contributed by atoms with Gasteiger partial charge in [-0.15, -0.1) is 0 Å². The minimum atomic E-state index is -0.246. The van der Waals surface area contributed by atoms with Gasteiger partial charge in [0.25, 0.3) is 11.5 Å². The van der Waals surface area contributed by atoms with E-state index in [1.54, 1.807) is 30.3 Å². The summed E-state index contributed by atoms with van der Waals surface area (Å²) in [6.07, 6.45) is 7.40. The van der Waals surface area contributed by atoms with Crippen molar-refractivity contribution in [2.45, 2.75) is 25.8 Å². The average molecular weight is 300 g/mol. The normalized spacial score (nSPS) is 18.5. The number of hydrogen-bond acceptors (Lipinski definition) is 3. The molecule has 3 heterocycles. The summed E-state index contributed by atoms with van der Waals surface area (Å²) >= 11 is 0. The monoisotopic (exact) mass is 300 g/mol. The van der Waals surface area contributed by atoms with E-state index in [9.17, 15) is 9.59 Å². The molecule has 1 aliphatic heterocycles. The third kappa shape index (κ3) is 2.68. The number of pyridine rings is 1. The maximum Gasteiger partial charge on any atom is 0.263 e. The smallest absolute Gasteiger partial charge is 0.263 e. The number of piperidine rings is 1. The molecule has 0 bridgehead atoms. The molecule has 1 aliphatic rings. The Morgan fingerprint density at radius 1 is 1.41 bits per heavy atom. The van der Waals surface area contributed by atoms with E-state index in [4.69, 9.17) is 0 Å². The zero-order valence-corrected chi connectivity index (χ0v) is 12.9. The van der Waals surface area contributed by atoms with Gasteiger partial charge in [0.1, 0.15) is 5.56 Å². The van der Waals surface area contributed by atoms with E-state index >= 15 is 0 Å². The van der Waals surface area contributed by atoms with Crippen LogP contribution >= 0.6 is 0 Å². The average Bonchev–Trinajstić information content (AvgIpc) is 2.96. The maximum atomic E-state index is 12.6. The van der Waals surface area contributed by atoms with Crippen LogP contribution in [0.2, 0.25) is 0 Å². The second kappa shape index (κ2) is 5.79. The third-order valence-electron chi connectivity index (χ3n) is 4.14. The zero-order chi connectivity index (χ0) is 15.7. The van der Waals surface area contributed by atoms with Crippen molar-refractivity contribution in [2.75, 3.05) is 13.1 Å². The summed E-state index contributed by atoms with van der Waals surface area (Å²) < 4.78 is 3.36. The summed E-state index contributed by atoms with van der Waals surface area (Å²) in [6, 6.07) is 3.51. The van der Waals surface area contributed by atoms with E-state index in [0.717, 1.165) is 18.4 Å². The van der Waals surface area contributed by atoms with Gasteiger partial charge in [0, 0.05) is 32.5 Å². The molecule has 0 saturated carbocycles. The first-order valence-electron chi connectivity index (χ1n) is 7.52. The van der Waals surface area contributed by atoms with Crippen molar-refractivity contribution in [3.63, 3.8) is 0 Å². The highest BCUT2D eigenvalue weighted by Crippen LogP contribution is 2.22. The number of aryl methyl sites for hydroxylation is 2. The molecule has 1 atom stereocenters. The number of hydrogen-bond donors (Lipinski definition) is 0. The van der Waals surface area contributed by atoms with Crippen LogP contribution in [-0.2, 0) is 7.05 Å².